The Kier molecular flexibility index (Phi) is 8.83. The van der Waals surface area contributed by atoms with Gasteiger partial charge in [0.1, 0.15) is 5.75 Å². The molecule has 0 bridgehead atoms. The largest absolute Gasteiger partial charge is 0.494 e. The maximum Gasteiger partial charge on any atom is 0.195 e. The SMILES string of the molecule is CCOc1cc(NC(=NC)NCCCCOc2ccccc2)ccc1OC. The summed E-state index contributed by atoms with van der Waals surface area (Å²) < 4.78 is 16.6. The Hall–Kier alpha value is -2.89. The predicted octanol–water partition coefficient (Wildman–Crippen LogP) is 3.94. The lowest BCUT2D eigenvalue weighted by atomic mass is 10.2. The lowest BCUT2D eigenvalue weighted by Gasteiger charge is -2.14. The fraction of sp³-hybridized carbons (Fsp3) is 0.381. The van der Waals surface area contributed by atoms with Crippen molar-refractivity contribution in [2.45, 2.75) is 19.8 Å². The highest BCUT2D eigenvalue weighted by atomic mass is 16.5. The molecule has 0 atom stereocenters. The number of ether oxygens (including phenoxy) is 3. The number of aliphatic imine (C=N–C) groups is 1. The van der Waals surface area contributed by atoms with E-state index in [1.165, 1.54) is 0 Å². The quantitative estimate of drug-likeness (QED) is 0.376. The van der Waals surface area contributed by atoms with Gasteiger partial charge in [0.05, 0.1) is 20.3 Å². The first-order valence-electron chi connectivity index (χ1n) is 9.23. The zero-order valence-corrected chi connectivity index (χ0v) is 16.3. The maximum atomic E-state index is 5.69. The number of unbranched alkanes of at least 4 members (excludes halogenated alkanes) is 1. The first-order valence-corrected chi connectivity index (χ1v) is 9.23. The third-order valence-corrected chi connectivity index (χ3v) is 3.83. The molecule has 6 heteroatoms. The van der Waals surface area contributed by atoms with E-state index in [0.717, 1.165) is 30.8 Å². The van der Waals surface area contributed by atoms with Crippen molar-refractivity contribution in [3.8, 4) is 17.2 Å². The number of anilines is 1. The smallest absolute Gasteiger partial charge is 0.195 e. The molecule has 0 saturated carbocycles. The minimum Gasteiger partial charge on any atom is -0.494 e. The maximum absolute atomic E-state index is 5.69. The average Bonchev–Trinajstić information content (AvgIpc) is 2.71. The molecule has 2 N–H and O–H groups in total. The molecule has 0 aliphatic heterocycles. The molecule has 0 fully saturated rings. The molecule has 6 nitrogen and oxygen atoms in total. The van der Waals surface area contributed by atoms with Crippen LogP contribution in [0.25, 0.3) is 0 Å². The molecule has 0 aromatic heterocycles. The van der Waals surface area contributed by atoms with E-state index in [9.17, 15) is 0 Å². The second-order valence-corrected chi connectivity index (χ2v) is 5.79. The van der Waals surface area contributed by atoms with E-state index in [0.29, 0.717) is 30.7 Å². The van der Waals surface area contributed by atoms with Crippen molar-refractivity contribution in [1.82, 2.24) is 5.32 Å². The van der Waals surface area contributed by atoms with Gasteiger partial charge in [0, 0.05) is 25.3 Å². The molecule has 2 aromatic rings. The van der Waals surface area contributed by atoms with E-state index in [2.05, 4.69) is 15.6 Å². The Balaban J connectivity index is 1.73. The molecule has 0 unspecified atom stereocenters. The molecule has 0 heterocycles. The van der Waals surface area contributed by atoms with E-state index in [1.54, 1.807) is 14.2 Å². The van der Waals surface area contributed by atoms with Gasteiger partial charge in [0.15, 0.2) is 17.5 Å². The number of guanidine groups is 1. The Morgan fingerprint density at radius 1 is 1.00 bits per heavy atom. The summed E-state index contributed by atoms with van der Waals surface area (Å²) in [5, 5.41) is 6.58. The van der Waals surface area contributed by atoms with Gasteiger partial charge < -0.3 is 24.8 Å². The number of nitrogens with zero attached hydrogens (tertiary/aromatic N) is 1. The van der Waals surface area contributed by atoms with Gasteiger partial charge in [0.25, 0.3) is 0 Å². The molecule has 2 aromatic carbocycles. The van der Waals surface area contributed by atoms with Crippen molar-refractivity contribution in [3.05, 3.63) is 48.5 Å². The fourth-order valence-corrected chi connectivity index (χ4v) is 2.48. The van der Waals surface area contributed by atoms with Crippen LogP contribution in [-0.4, -0.2) is 39.9 Å². The molecule has 0 radical (unpaired) electrons. The summed E-state index contributed by atoms with van der Waals surface area (Å²) in [6.07, 6.45) is 1.95. The summed E-state index contributed by atoms with van der Waals surface area (Å²) in [7, 11) is 3.38. The van der Waals surface area contributed by atoms with Crippen molar-refractivity contribution >= 4 is 11.6 Å². The van der Waals surface area contributed by atoms with Gasteiger partial charge in [-0.25, -0.2) is 0 Å². The first kappa shape index (κ1) is 20.4. The van der Waals surface area contributed by atoms with Gasteiger partial charge in [-0.3, -0.25) is 4.99 Å². The van der Waals surface area contributed by atoms with Crippen LogP contribution in [0.1, 0.15) is 19.8 Å². The number of hydrogen-bond donors (Lipinski definition) is 2. The van der Waals surface area contributed by atoms with Gasteiger partial charge in [-0.15, -0.1) is 0 Å². The molecule has 0 spiro atoms. The monoisotopic (exact) mass is 371 g/mol. The number of para-hydroxylation sites is 1. The highest BCUT2D eigenvalue weighted by Crippen LogP contribution is 2.30. The molecular weight excluding hydrogens is 342 g/mol. The van der Waals surface area contributed by atoms with Crippen LogP contribution in [0.15, 0.2) is 53.5 Å². The van der Waals surface area contributed by atoms with E-state index >= 15 is 0 Å². The van der Waals surface area contributed by atoms with Crippen molar-refractivity contribution in [1.29, 1.82) is 0 Å². The van der Waals surface area contributed by atoms with Crippen LogP contribution in [0.4, 0.5) is 5.69 Å². The number of benzene rings is 2. The summed E-state index contributed by atoms with van der Waals surface area (Å²) >= 11 is 0. The van der Waals surface area contributed by atoms with Gasteiger partial charge in [0.2, 0.25) is 0 Å². The second kappa shape index (κ2) is 11.7. The topological polar surface area (TPSA) is 64.1 Å². The lowest BCUT2D eigenvalue weighted by Crippen LogP contribution is -2.31. The molecule has 27 heavy (non-hydrogen) atoms. The molecular formula is C21H29N3O3. The van der Waals surface area contributed by atoms with Crippen molar-refractivity contribution in [2.24, 2.45) is 4.99 Å². The van der Waals surface area contributed by atoms with Gasteiger partial charge in [-0.2, -0.15) is 0 Å². The molecule has 0 amide bonds. The zero-order chi connectivity index (χ0) is 19.3. The van der Waals surface area contributed by atoms with Crippen LogP contribution in [0.2, 0.25) is 0 Å². The van der Waals surface area contributed by atoms with Crippen LogP contribution in [0, 0.1) is 0 Å². The van der Waals surface area contributed by atoms with Crippen LogP contribution in [0.5, 0.6) is 17.2 Å². The van der Waals surface area contributed by atoms with Crippen LogP contribution >= 0.6 is 0 Å². The third-order valence-electron chi connectivity index (χ3n) is 3.83. The molecule has 146 valence electrons. The standard InChI is InChI=1S/C21H29N3O3/c1-4-26-20-16-17(12-13-19(20)25-3)24-21(22-2)23-14-8-9-15-27-18-10-6-5-7-11-18/h5-7,10-13,16H,4,8-9,14-15H2,1-3H3,(H2,22,23,24). The fourth-order valence-electron chi connectivity index (χ4n) is 2.48. The Morgan fingerprint density at radius 2 is 1.81 bits per heavy atom. The summed E-state index contributed by atoms with van der Waals surface area (Å²) in [5.41, 5.74) is 0.889. The van der Waals surface area contributed by atoms with E-state index < -0.39 is 0 Å². The molecule has 2 rings (SSSR count). The van der Waals surface area contributed by atoms with E-state index in [1.807, 2.05) is 55.5 Å². The normalized spacial score (nSPS) is 11.0. The summed E-state index contributed by atoms with van der Waals surface area (Å²) in [4.78, 5) is 4.26. The minimum absolute atomic E-state index is 0.581. The highest BCUT2D eigenvalue weighted by molar-refractivity contribution is 5.93. The number of rotatable bonds is 10. The second-order valence-electron chi connectivity index (χ2n) is 5.79. The van der Waals surface area contributed by atoms with Crippen molar-refractivity contribution < 1.29 is 14.2 Å². The van der Waals surface area contributed by atoms with Crippen molar-refractivity contribution in [2.75, 3.05) is 39.2 Å². The van der Waals surface area contributed by atoms with Crippen LogP contribution in [0.3, 0.4) is 0 Å². The van der Waals surface area contributed by atoms with E-state index in [-0.39, 0.29) is 0 Å². The molecule has 0 aliphatic rings. The Labute approximate surface area is 161 Å². The number of hydrogen-bond acceptors (Lipinski definition) is 4. The predicted molar refractivity (Wildman–Crippen MR) is 110 cm³/mol. The van der Waals surface area contributed by atoms with E-state index in [4.69, 9.17) is 14.2 Å². The number of methoxy groups -OCH3 is 1. The van der Waals surface area contributed by atoms with Gasteiger partial charge >= 0.3 is 0 Å². The minimum atomic E-state index is 0.581. The molecule has 0 saturated heterocycles. The summed E-state index contributed by atoms with van der Waals surface area (Å²) in [6, 6.07) is 15.6. The third kappa shape index (κ3) is 7.09. The zero-order valence-electron chi connectivity index (χ0n) is 16.3. The van der Waals surface area contributed by atoms with Gasteiger partial charge in [-0.1, -0.05) is 18.2 Å². The average molecular weight is 371 g/mol. The molecule has 0 aliphatic carbocycles. The first-order chi connectivity index (χ1) is 13.3. The van der Waals surface area contributed by atoms with Gasteiger partial charge in [-0.05, 0) is 44.0 Å². The summed E-state index contributed by atoms with van der Waals surface area (Å²) in [5.74, 6) is 3.04. The highest BCUT2D eigenvalue weighted by Gasteiger charge is 2.06. The lowest BCUT2D eigenvalue weighted by molar-refractivity contribution is 0.307. The number of nitrogens with one attached hydrogen (secondary N) is 2. The Morgan fingerprint density at radius 3 is 2.52 bits per heavy atom. The van der Waals surface area contributed by atoms with Crippen molar-refractivity contribution in [3.63, 3.8) is 0 Å². The van der Waals surface area contributed by atoms with Crippen LogP contribution < -0.4 is 24.8 Å². The van der Waals surface area contributed by atoms with Crippen LogP contribution in [-0.2, 0) is 0 Å². The Bertz CT molecular complexity index is 705. The summed E-state index contributed by atoms with van der Waals surface area (Å²) in [6.45, 7) is 4.04.